The van der Waals surface area contributed by atoms with E-state index in [1.807, 2.05) is 0 Å². The number of aliphatic hydroxyl groups excluding tert-OH is 1. The van der Waals surface area contributed by atoms with Crippen LogP contribution in [-0.2, 0) is 0 Å². The van der Waals surface area contributed by atoms with Gasteiger partial charge in [-0.3, -0.25) is 4.79 Å². The van der Waals surface area contributed by atoms with Gasteiger partial charge in [-0.05, 0) is 35.4 Å². The van der Waals surface area contributed by atoms with E-state index in [2.05, 4.69) is 0 Å². The van der Waals surface area contributed by atoms with Crippen LogP contribution in [0.25, 0.3) is 0 Å². The summed E-state index contributed by atoms with van der Waals surface area (Å²) >= 11 is 0. The van der Waals surface area contributed by atoms with E-state index < -0.39 is 29.7 Å². The van der Waals surface area contributed by atoms with Crippen molar-refractivity contribution >= 4 is 5.78 Å². The number of rotatable bonds is 3. The Kier molecular flexibility index (Phi) is 4.75. The highest BCUT2D eigenvalue weighted by atomic mass is 16.5. The number of ether oxygens (including phenoxy) is 1. The monoisotopic (exact) mass is 408 g/mol. The van der Waals surface area contributed by atoms with Crippen molar-refractivity contribution in [3.63, 3.8) is 0 Å². The molecular weight excluding hydrogens is 388 g/mol. The van der Waals surface area contributed by atoms with Crippen LogP contribution in [0.5, 0.6) is 28.7 Å². The van der Waals surface area contributed by atoms with E-state index in [1.54, 1.807) is 19.1 Å². The Bertz CT molecular complexity index is 1100. The second-order valence-electron chi connectivity index (χ2n) is 7.28. The van der Waals surface area contributed by atoms with Gasteiger partial charge in [0.1, 0.15) is 34.3 Å². The van der Waals surface area contributed by atoms with Gasteiger partial charge in [0.25, 0.3) is 0 Å². The number of aliphatic hydroxyl groups is 1. The Morgan fingerprint density at radius 2 is 1.47 bits per heavy atom. The van der Waals surface area contributed by atoms with E-state index in [0.29, 0.717) is 11.1 Å². The van der Waals surface area contributed by atoms with Gasteiger partial charge in [-0.15, -0.1) is 0 Å². The molecule has 0 spiro atoms. The predicted octanol–water partition coefficient (Wildman–Crippen LogP) is 3.34. The molecule has 0 aromatic heterocycles. The molecular formula is C23H20O7. The van der Waals surface area contributed by atoms with Crippen molar-refractivity contribution in [3.8, 4) is 28.7 Å². The predicted molar refractivity (Wildman–Crippen MR) is 107 cm³/mol. The molecule has 3 aromatic carbocycles. The quantitative estimate of drug-likeness (QED) is 0.450. The third-order valence-electron chi connectivity index (χ3n) is 5.39. The van der Waals surface area contributed by atoms with E-state index >= 15 is 0 Å². The summed E-state index contributed by atoms with van der Waals surface area (Å²) in [5.41, 5.74) is 1.08. The number of carbonyl (C=O) groups is 1. The molecule has 0 amide bonds. The van der Waals surface area contributed by atoms with Gasteiger partial charge in [0.15, 0.2) is 12.2 Å². The molecule has 3 aromatic rings. The number of hydrogen-bond acceptors (Lipinski definition) is 7. The molecule has 3 atom stereocenters. The van der Waals surface area contributed by atoms with E-state index in [4.69, 9.17) is 4.74 Å². The molecule has 0 aliphatic carbocycles. The summed E-state index contributed by atoms with van der Waals surface area (Å²) in [6.45, 7) is 1.73. The summed E-state index contributed by atoms with van der Waals surface area (Å²) in [7, 11) is 0. The van der Waals surface area contributed by atoms with Crippen LogP contribution in [0.4, 0.5) is 0 Å². The molecule has 30 heavy (non-hydrogen) atoms. The van der Waals surface area contributed by atoms with Gasteiger partial charge in [-0.1, -0.05) is 31.2 Å². The lowest BCUT2D eigenvalue weighted by Crippen LogP contribution is -2.36. The highest BCUT2D eigenvalue weighted by Gasteiger charge is 2.40. The Hall–Kier alpha value is -3.71. The first-order valence-electron chi connectivity index (χ1n) is 9.33. The second kappa shape index (κ2) is 7.27. The first kappa shape index (κ1) is 19.6. The molecule has 0 fully saturated rings. The summed E-state index contributed by atoms with van der Waals surface area (Å²) in [6, 6.07) is 13.4. The van der Waals surface area contributed by atoms with Gasteiger partial charge in [0.05, 0.1) is 0 Å². The summed E-state index contributed by atoms with van der Waals surface area (Å²) in [5.74, 6) is -1.89. The topological polar surface area (TPSA) is 127 Å². The SMILES string of the molecule is CC(c1ccc(O)cc1)c1c(O)cc2c(c1O)C(=O)C(O)C(c1ccc(O)cc1)O2. The van der Waals surface area contributed by atoms with Crippen molar-refractivity contribution in [2.45, 2.75) is 25.0 Å². The number of carbonyl (C=O) groups excluding carboxylic acids is 1. The maximum atomic E-state index is 12.9. The van der Waals surface area contributed by atoms with E-state index in [9.17, 15) is 30.3 Å². The minimum atomic E-state index is -1.57. The largest absolute Gasteiger partial charge is 0.508 e. The number of fused-ring (bicyclic) bond motifs is 1. The summed E-state index contributed by atoms with van der Waals surface area (Å²) < 4.78 is 5.75. The molecule has 3 unspecified atom stereocenters. The molecule has 1 aliphatic rings. The molecule has 0 saturated carbocycles. The van der Waals surface area contributed by atoms with Gasteiger partial charge in [-0.25, -0.2) is 0 Å². The number of phenolic OH excluding ortho intramolecular Hbond substituents is 4. The maximum absolute atomic E-state index is 12.9. The van der Waals surface area contributed by atoms with Crippen molar-refractivity contribution in [3.05, 3.63) is 76.9 Å². The lowest BCUT2D eigenvalue weighted by Gasteiger charge is -2.31. The van der Waals surface area contributed by atoms with E-state index in [1.165, 1.54) is 42.5 Å². The zero-order valence-electron chi connectivity index (χ0n) is 16.0. The van der Waals surface area contributed by atoms with Crippen molar-refractivity contribution < 1.29 is 35.1 Å². The normalized spacial score (nSPS) is 19.1. The van der Waals surface area contributed by atoms with Crippen molar-refractivity contribution in [2.24, 2.45) is 0 Å². The molecule has 7 heteroatoms. The van der Waals surface area contributed by atoms with Crippen LogP contribution >= 0.6 is 0 Å². The van der Waals surface area contributed by atoms with E-state index in [0.717, 1.165) is 0 Å². The lowest BCUT2D eigenvalue weighted by molar-refractivity contribution is 0.0210. The Morgan fingerprint density at radius 1 is 0.900 bits per heavy atom. The van der Waals surface area contributed by atoms with Crippen molar-refractivity contribution in [2.75, 3.05) is 0 Å². The highest BCUT2D eigenvalue weighted by molar-refractivity contribution is 6.06. The fourth-order valence-electron chi connectivity index (χ4n) is 3.74. The average molecular weight is 408 g/mol. The van der Waals surface area contributed by atoms with Crippen molar-refractivity contribution in [1.29, 1.82) is 0 Å². The van der Waals surface area contributed by atoms with Crippen LogP contribution in [0.1, 0.15) is 46.0 Å². The van der Waals surface area contributed by atoms with Crippen LogP contribution in [0.15, 0.2) is 54.6 Å². The van der Waals surface area contributed by atoms with Gasteiger partial charge in [0, 0.05) is 17.5 Å². The molecule has 0 bridgehead atoms. The summed E-state index contributed by atoms with van der Waals surface area (Å²) in [6.07, 6.45) is -2.63. The Balaban J connectivity index is 1.77. The smallest absolute Gasteiger partial charge is 0.202 e. The van der Waals surface area contributed by atoms with Crippen LogP contribution < -0.4 is 4.74 Å². The minimum absolute atomic E-state index is 0.0268. The van der Waals surface area contributed by atoms with Crippen LogP contribution in [0.3, 0.4) is 0 Å². The lowest BCUT2D eigenvalue weighted by atomic mass is 9.86. The third kappa shape index (κ3) is 3.19. The number of phenols is 4. The number of Topliss-reactive ketones (excluding diaryl/α,β-unsaturated/α-hetero) is 1. The minimum Gasteiger partial charge on any atom is -0.508 e. The molecule has 4 rings (SSSR count). The average Bonchev–Trinajstić information content (AvgIpc) is 2.71. The zero-order chi connectivity index (χ0) is 21.6. The van der Waals surface area contributed by atoms with Crippen molar-refractivity contribution in [1.82, 2.24) is 0 Å². The van der Waals surface area contributed by atoms with Crippen LogP contribution in [0, 0.1) is 0 Å². The van der Waals surface area contributed by atoms with Gasteiger partial charge < -0.3 is 30.3 Å². The number of benzene rings is 3. The fourth-order valence-corrected chi connectivity index (χ4v) is 3.74. The van der Waals surface area contributed by atoms with Gasteiger partial charge >= 0.3 is 0 Å². The highest BCUT2D eigenvalue weighted by Crippen LogP contribution is 2.48. The molecule has 0 saturated heterocycles. The molecule has 7 nitrogen and oxygen atoms in total. The zero-order valence-corrected chi connectivity index (χ0v) is 16.0. The molecule has 0 radical (unpaired) electrons. The standard InChI is InChI=1S/C23H20O7/c1-11(12-2-6-14(24)7-3-12)18-16(26)10-17-19(20(18)27)21(28)22(29)23(30-17)13-4-8-15(25)9-5-13/h2-11,22-27,29H,1H3. The van der Waals surface area contributed by atoms with Gasteiger partial charge in [-0.2, -0.15) is 0 Å². The van der Waals surface area contributed by atoms with Crippen LogP contribution in [0.2, 0.25) is 0 Å². The summed E-state index contributed by atoms with van der Waals surface area (Å²) in [5, 5.41) is 50.9. The molecule has 154 valence electrons. The Labute approximate surface area is 172 Å². The fraction of sp³-hybridized carbons (Fsp3) is 0.174. The molecule has 1 heterocycles. The summed E-state index contributed by atoms with van der Waals surface area (Å²) in [4.78, 5) is 12.9. The van der Waals surface area contributed by atoms with Crippen LogP contribution in [-0.4, -0.2) is 37.4 Å². The van der Waals surface area contributed by atoms with E-state index in [-0.39, 0.29) is 34.1 Å². The first-order chi connectivity index (χ1) is 14.3. The molecule has 5 N–H and O–H groups in total. The van der Waals surface area contributed by atoms with Gasteiger partial charge in [0.2, 0.25) is 5.78 Å². The number of hydrogen-bond donors (Lipinski definition) is 5. The first-order valence-corrected chi connectivity index (χ1v) is 9.33. The number of aromatic hydroxyl groups is 4. The second-order valence-corrected chi connectivity index (χ2v) is 7.28. The third-order valence-corrected chi connectivity index (χ3v) is 5.39. The number of ketones is 1. The Morgan fingerprint density at radius 3 is 2.07 bits per heavy atom. The maximum Gasteiger partial charge on any atom is 0.202 e. The molecule has 1 aliphatic heterocycles.